The van der Waals surface area contributed by atoms with Gasteiger partial charge >= 0.3 is 0 Å². The third-order valence-electron chi connectivity index (χ3n) is 2.62. The van der Waals surface area contributed by atoms with Crippen LogP contribution < -0.4 is 10.5 Å². The Morgan fingerprint density at radius 3 is 2.57 bits per heavy atom. The molecule has 0 heterocycles. The van der Waals surface area contributed by atoms with Gasteiger partial charge in [0, 0.05) is 10.2 Å². The van der Waals surface area contributed by atoms with Crippen LogP contribution in [0.5, 0.6) is 0 Å². The van der Waals surface area contributed by atoms with E-state index in [4.69, 9.17) is 22.6 Å². The Morgan fingerprint density at radius 2 is 1.95 bits per heavy atom. The van der Waals surface area contributed by atoms with E-state index in [0.717, 1.165) is 0 Å². The fraction of sp³-hybridized carbons (Fsp3) is 0. The topological polar surface area (TPSA) is 96.0 Å². The summed E-state index contributed by atoms with van der Waals surface area (Å²) < 4.78 is 27.4. The van der Waals surface area contributed by atoms with Crippen molar-refractivity contribution in [3.8, 4) is 6.07 Å². The van der Waals surface area contributed by atoms with Crippen molar-refractivity contribution in [1.82, 2.24) is 0 Å². The molecule has 21 heavy (non-hydrogen) atoms. The lowest BCUT2D eigenvalue weighted by Crippen LogP contribution is -2.13. The molecule has 5 nitrogen and oxygen atoms in total. The first-order valence-electron chi connectivity index (χ1n) is 5.61. The van der Waals surface area contributed by atoms with Gasteiger partial charge in [-0.3, -0.25) is 4.72 Å². The van der Waals surface area contributed by atoms with Crippen LogP contribution in [-0.2, 0) is 10.0 Å². The van der Waals surface area contributed by atoms with Gasteiger partial charge in [0.1, 0.15) is 0 Å². The monoisotopic (exact) mass is 385 g/mol. The number of nitrogens with one attached hydrogen (secondary N) is 1. The molecule has 0 spiro atoms. The Morgan fingerprint density at radius 1 is 1.24 bits per heavy atom. The van der Waals surface area contributed by atoms with Crippen molar-refractivity contribution in [2.75, 3.05) is 10.5 Å². The largest absolute Gasteiger partial charge is 0.398 e. The molecule has 0 fully saturated rings. The zero-order valence-electron chi connectivity index (χ0n) is 10.5. The maximum absolute atomic E-state index is 12.3. The minimum Gasteiger partial charge on any atom is -0.398 e. The number of anilines is 2. The van der Waals surface area contributed by atoms with Gasteiger partial charge in [-0.2, -0.15) is 5.26 Å². The van der Waals surface area contributed by atoms with Crippen LogP contribution in [0.1, 0.15) is 5.56 Å². The number of hydrogen-bond acceptors (Lipinski definition) is 4. The van der Waals surface area contributed by atoms with Gasteiger partial charge in [0.25, 0.3) is 10.0 Å². The molecule has 0 aliphatic heterocycles. The number of rotatable bonds is 3. The van der Waals surface area contributed by atoms with E-state index >= 15 is 0 Å². The number of nitrogens with two attached hydrogens (primary N) is 1. The molecule has 2 aromatic rings. The molecule has 0 saturated carbocycles. The summed E-state index contributed by atoms with van der Waals surface area (Å²) in [5.41, 5.74) is 6.50. The van der Waals surface area contributed by atoms with Gasteiger partial charge in [0.2, 0.25) is 0 Å². The highest BCUT2D eigenvalue weighted by atomic mass is 79.9. The predicted octanol–water partition coefficient (Wildman–Crippen LogP) is 3.36. The highest BCUT2D eigenvalue weighted by molar-refractivity contribution is 9.10. The smallest absolute Gasteiger partial charge is 0.261 e. The fourth-order valence-corrected chi connectivity index (χ4v) is 3.40. The summed E-state index contributed by atoms with van der Waals surface area (Å²) in [4.78, 5) is 0.0296. The number of nitrogens with zero attached hydrogens (tertiary/aromatic N) is 1. The lowest BCUT2D eigenvalue weighted by molar-refractivity contribution is 0.601. The second-order valence-electron chi connectivity index (χ2n) is 4.10. The summed E-state index contributed by atoms with van der Waals surface area (Å²) in [5.74, 6) is 0. The number of sulfonamides is 1. The van der Waals surface area contributed by atoms with Crippen molar-refractivity contribution in [3.63, 3.8) is 0 Å². The predicted molar refractivity (Wildman–Crippen MR) is 85.5 cm³/mol. The van der Waals surface area contributed by atoms with E-state index in [1.807, 2.05) is 6.07 Å². The summed E-state index contributed by atoms with van der Waals surface area (Å²) in [6.45, 7) is 0. The van der Waals surface area contributed by atoms with Gasteiger partial charge in [-0.25, -0.2) is 8.42 Å². The van der Waals surface area contributed by atoms with Crippen LogP contribution in [0.25, 0.3) is 0 Å². The average molecular weight is 387 g/mol. The number of hydrogen-bond donors (Lipinski definition) is 2. The number of nitriles is 1. The van der Waals surface area contributed by atoms with Crippen LogP contribution in [0.4, 0.5) is 11.4 Å². The quantitative estimate of drug-likeness (QED) is 0.791. The highest BCUT2D eigenvalue weighted by Gasteiger charge is 2.17. The Labute approximate surface area is 135 Å². The Bertz CT molecular complexity index is 847. The number of benzene rings is 2. The van der Waals surface area contributed by atoms with E-state index in [1.54, 1.807) is 0 Å². The lowest BCUT2D eigenvalue weighted by atomic mass is 10.2. The molecule has 0 radical (unpaired) electrons. The normalized spacial score (nSPS) is 10.9. The van der Waals surface area contributed by atoms with Crippen molar-refractivity contribution >= 4 is 48.9 Å². The molecule has 0 aromatic heterocycles. The van der Waals surface area contributed by atoms with Crippen molar-refractivity contribution in [2.24, 2.45) is 0 Å². The van der Waals surface area contributed by atoms with Crippen LogP contribution in [0.2, 0.25) is 5.02 Å². The molecule has 0 aliphatic rings. The molecule has 2 aromatic carbocycles. The minimum atomic E-state index is -3.83. The average Bonchev–Trinajstić information content (AvgIpc) is 2.44. The SMILES string of the molecule is N#Cc1ccc(Cl)c(NS(=O)(=O)c2ccc(N)c(Br)c2)c1. The maximum Gasteiger partial charge on any atom is 0.261 e. The van der Waals surface area contributed by atoms with E-state index in [1.165, 1.54) is 36.4 Å². The van der Waals surface area contributed by atoms with E-state index in [-0.39, 0.29) is 15.6 Å². The Hall–Kier alpha value is -1.75. The van der Waals surface area contributed by atoms with Gasteiger partial charge in [0.05, 0.1) is 27.2 Å². The van der Waals surface area contributed by atoms with E-state index in [0.29, 0.717) is 15.7 Å². The van der Waals surface area contributed by atoms with E-state index < -0.39 is 10.0 Å². The zero-order valence-corrected chi connectivity index (χ0v) is 13.6. The van der Waals surface area contributed by atoms with Crippen molar-refractivity contribution in [2.45, 2.75) is 4.90 Å². The first-order chi connectivity index (χ1) is 9.83. The molecule has 0 aliphatic carbocycles. The van der Waals surface area contributed by atoms with Crippen molar-refractivity contribution in [3.05, 3.63) is 51.5 Å². The van der Waals surface area contributed by atoms with E-state index in [2.05, 4.69) is 20.7 Å². The van der Waals surface area contributed by atoms with Crippen LogP contribution >= 0.6 is 27.5 Å². The van der Waals surface area contributed by atoms with Crippen LogP contribution in [0.15, 0.2) is 45.8 Å². The second-order valence-corrected chi connectivity index (χ2v) is 7.04. The van der Waals surface area contributed by atoms with Gasteiger partial charge in [-0.1, -0.05) is 11.6 Å². The third-order valence-corrected chi connectivity index (χ3v) is 5.00. The van der Waals surface area contributed by atoms with Gasteiger partial charge in [-0.05, 0) is 52.3 Å². The van der Waals surface area contributed by atoms with Crippen LogP contribution in [-0.4, -0.2) is 8.42 Å². The molecule has 8 heteroatoms. The fourth-order valence-electron chi connectivity index (χ4n) is 1.55. The number of nitrogen functional groups attached to an aromatic ring is 1. The summed E-state index contributed by atoms with van der Waals surface area (Å²) in [7, 11) is -3.83. The number of halogens is 2. The summed E-state index contributed by atoms with van der Waals surface area (Å²) in [5, 5.41) is 9.05. The van der Waals surface area contributed by atoms with Crippen LogP contribution in [0, 0.1) is 11.3 Å². The van der Waals surface area contributed by atoms with Gasteiger partial charge in [-0.15, -0.1) is 0 Å². The van der Waals surface area contributed by atoms with Gasteiger partial charge < -0.3 is 5.73 Å². The summed E-state index contributed by atoms with van der Waals surface area (Å²) in [6.07, 6.45) is 0. The molecule has 108 valence electrons. The van der Waals surface area contributed by atoms with Crippen LogP contribution in [0.3, 0.4) is 0 Å². The van der Waals surface area contributed by atoms with Crippen molar-refractivity contribution in [1.29, 1.82) is 5.26 Å². The third kappa shape index (κ3) is 3.47. The van der Waals surface area contributed by atoms with E-state index in [9.17, 15) is 8.42 Å². The molecule has 0 saturated heterocycles. The molecule has 3 N–H and O–H groups in total. The molecular formula is C13H9BrClN3O2S. The first kappa shape index (κ1) is 15.6. The van der Waals surface area contributed by atoms with Gasteiger partial charge in [0.15, 0.2) is 0 Å². The molecule has 0 atom stereocenters. The zero-order chi connectivity index (χ0) is 15.6. The summed E-state index contributed by atoms with van der Waals surface area (Å²) >= 11 is 9.11. The summed E-state index contributed by atoms with van der Waals surface area (Å²) in [6, 6.07) is 10.5. The minimum absolute atomic E-state index is 0.0296. The molecule has 0 bridgehead atoms. The molecule has 0 unspecified atom stereocenters. The molecular weight excluding hydrogens is 378 g/mol. The second kappa shape index (κ2) is 5.93. The van der Waals surface area contributed by atoms with Crippen molar-refractivity contribution < 1.29 is 8.42 Å². The lowest BCUT2D eigenvalue weighted by Gasteiger charge is -2.10. The highest BCUT2D eigenvalue weighted by Crippen LogP contribution is 2.28. The first-order valence-corrected chi connectivity index (χ1v) is 8.26. The maximum atomic E-state index is 12.3. The standard InChI is InChI=1S/C13H9BrClN3O2S/c14-10-6-9(2-4-12(10)17)21(19,20)18-13-5-8(7-16)1-3-11(13)15/h1-6,18H,17H2. The Balaban J connectivity index is 2.42. The Kier molecular flexibility index (Phi) is 4.42. The molecule has 2 rings (SSSR count). The molecule has 0 amide bonds.